The lowest BCUT2D eigenvalue weighted by Gasteiger charge is -2.69. The van der Waals surface area contributed by atoms with Crippen molar-refractivity contribution in [2.45, 2.75) is 151 Å². The number of hydrogen-bond donors (Lipinski definition) is 1. The lowest BCUT2D eigenvalue weighted by atomic mass is 9.39. The Balaban J connectivity index is 1.17. The number of carbonyl (C=O) groups is 4. The number of fused-ring (bicyclic) bond motifs is 1. The highest BCUT2D eigenvalue weighted by Gasteiger charge is 2.66. The van der Waals surface area contributed by atoms with Crippen LogP contribution < -0.4 is 0 Å². The van der Waals surface area contributed by atoms with Crippen molar-refractivity contribution in [1.29, 1.82) is 0 Å². The minimum atomic E-state index is -0.799. The quantitative estimate of drug-likeness (QED) is 0.119. The van der Waals surface area contributed by atoms with Gasteiger partial charge in [-0.2, -0.15) is 5.10 Å². The Morgan fingerprint density at radius 3 is 1.98 bits per heavy atom. The topological polar surface area (TPSA) is 164 Å². The van der Waals surface area contributed by atoms with Gasteiger partial charge in [0.2, 0.25) is 0 Å². The third-order valence-electron chi connectivity index (χ3n) is 12.3. The summed E-state index contributed by atoms with van der Waals surface area (Å²) in [4.78, 5) is 62.4. The van der Waals surface area contributed by atoms with Crippen LogP contribution in [-0.2, 0) is 30.2 Å². The van der Waals surface area contributed by atoms with Crippen LogP contribution in [0.5, 0.6) is 0 Å². The number of carbonyl (C=O) groups excluding carboxylic acids is 4. The maximum absolute atomic E-state index is 14.0. The molecule has 8 rings (SSSR count). The summed E-state index contributed by atoms with van der Waals surface area (Å²) in [5.74, 6) is -1.02. The second kappa shape index (κ2) is 15.8. The molecule has 3 heterocycles. The van der Waals surface area contributed by atoms with E-state index in [1.165, 1.54) is 7.11 Å². The molecule has 0 radical (unpaired) electrons. The Morgan fingerprint density at radius 1 is 0.778 bits per heavy atom. The molecule has 1 N–H and O–H groups in total. The molecule has 4 aromatic rings. The fraction of sp³-hybridized carbons (Fsp3) is 0.592. The fourth-order valence-electron chi connectivity index (χ4n) is 11.5. The van der Waals surface area contributed by atoms with Crippen molar-refractivity contribution in [2.24, 2.45) is 16.2 Å². The first-order chi connectivity index (χ1) is 29.1. The molecule has 14 heteroatoms. The normalized spacial score (nSPS) is 24.3. The Hall–Kier alpha value is -5.24. The molecule has 4 aliphatic carbocycles. The maximum Gasteiger partial charge on any atom is 0.419 e. The Labute approximate surface area is 370 Å². The van der Waals surface area contributed by atoms with E-state index in [0.29, 0.717) is 34.6 Å². The van der Waals surface area contributed by atoms with Crippen LogP contribution in [0.2, 0.25) is 0 Å². The van der Waals surface area contributed by atoms with Gasteiger partial charge >= 0.3 is 24.1 Å². The molecule has 0 saturated heterocycles. The highest BCUT2D eigenvalue weighted by Crippen LogP contribution is 2.72. The number of aromatic nitrogens is 4. The van der Waals surface area contributed by atoms with Crippen LogP contribution in [0.1, 0.15) is 141 Å². The van der Waals surface area contributed by atoms with Gasteiger partial charge in [0.15, 0.2) is 5.69 Å². The molecule has 340 valence electrons. The van der Waals surface area contributed by atoms with Crippen molar-refractivity contribution in [3.63, 3.8) is 0 Å². The molecule has 2 amide bonds. The molecule has 0 spiro atoms. The van der Waals surface area contributed by atoms with Gasteiger partial charge in [0.1, 0.15) is 16.8 Å². The van der Waals surface area contributed by atoms with Crippen LogP contribution in [-0.4, -0.2) is 91.4 Å². The number of methoxy groups -OCH3 is 1. The number of para-hydroxylation sites is 1. The van der Waals surface area contributed by atoms with Gasteiger partial charge in [0.25, 0.3) is 0 Å². The lowest BCUT2D eigenvalue weighted by molar-refractivity contribution is -0.248. The summed E-state index contributed by atoms with van der Waals surface area (Å²) < 4.78 is 31.1. The zero-order valence-corrected chi connectivity index (χ0v) is 39.4. The molecular weight excluding hydrogens is 803 g/mol. The van der Waals surface area contributed by atoms with E-state index in [4.69, 9.17) is 33.8 Å². The molecule has 1 aromatic carbocycles. The minimum Gasteiger partial charge on any atom is -0.465 e. The van der Waals surface area contributed by atoms with Crippen molar-refractivity contribution in [2.75, 3.05) is 20.3 Å². The smallest absolute Gasteiger partial charge is 0.419 e. The summed E-state index contributed by atoms with van der Waals surface area (Å²) in [5.41, 5.74) is 1.66. The van der Waals surface area contributed by atoms with Crippen molar-refractivity contribution in [1.82, 2.24) is 24.6 Å². The highest BCUT2D eigenvalue weighted by molar-refractivity contribution is 6.04. The van der Waals surface area contributed by atoms with E-state index in [9.17, 15) is 19.2 Å². The number of esters is 2. The SMILES string of the molecule is COC(=O)c1cccc2cc(-c3ccc(-c4cnn(CC56CC7(C)CC(C)(C5)CC(OCCN(C(=O)OC(C)(C)C)C(=O)OC(C)(C)C)(C7)C6)c4C)c(C(=O)OC(C)(C)C)n3)[nH]c12. The Morgan fingerprint density at radius 2 is 1.40 bits per heavy atom. The average Bonchev–Trinajstić information content (AvgIpc) is 3.72. The third kappa shape index (κ3) is 9.80. The first-order valence-corrected chi connectivity index (χ1v) is 22.0. The van der Waals surface area contributed by atoms with E-state index >= 15 is 0 Å². The number of benzene rings is 1. The molecule has 0 aliphatic heterocycles. The van der Waals surface area contributed by atoms with Crippen LogP contribution in [0.3, 0.4) is 0 Å². The predicted molar refractivity (Wildman–Crippen MR) is 238 cm³/mol. The number of rotatable bonds is 10. The van der Waals surface area contributed by atoms with Crippen molar-refractivity contribution in [3.05, 3.63) is 59.5 Å². The van der Waals surface area contributed by atoms with E-state index in [1.54, 1.807) is 53.7 Å². The van der Waals surface area contributed by atoms with Crippen LogP contribution in [0.15, 0.2) is 42.6 Å². The average molecular weight is 868 g/mol. The van der Waals surface area contributed by atoms with Crippen LogP contribution in [0, 0.1) is 23.2 Å². The van der Waals surface area contributed by atoms with E-state index in [1.807, 2.05) is 58.2 Å². The number of amides is 2. The summed E-state index contributed by atoms with van der Waals surface area (Å²) in [7, 11) is 1.35. The van der Waals surface area contributed by atoms with Crippen molar-refractivity contribution >= 4 is 35.0 Å². The standard InChI is InChI=1S/C49H65N5O9/c1-30-34(32-17-18-35(51-38(32)40(56)61-43(2,3)4)36-21-31-15-14-16-33(37(31)52-36)39(55)59-13)22-50-54(30)29-48-24-46(11)23-47(12,25-48)27-49(26-46,28-48)60-20-19-53(41(57)62-44(5,6)7)42(58)63-45(8,9)10/h14-18,21-22,52H,19-20,23-29H2,1-13H3. The van der Waals surface area contributed by atoms with E-state index < -0.39 is 46.5 Å². The molecule has 4 saturated carbocycles. The molecule has 4 fully saturated rings. The van der Waals surface area contributed by atoms with Gasteiger partial charge in [0.05, 0.1) is 54.5 Å². The zero-order valence-electron chi connectivity index (χ0n) is 39.4. The molecule has 14 nitrogen and oxygen atoms in total. The lowest BCUT2D eigenvalue weighted by Crippen LogP contribution is -2.64. The number of ether oxygens (including phenoxy) is 5. The molecule has 2 atom stereocenters. The second-order valence-corrected chi connectivity index (χ2v) is 22.2. The fourth-order valence-corrected chi connectivity index (χ4v) is 11.5. The monoisotopic (exact) mass is 867 g/mol. The predicted octanol–water partition coefficient (Wildman–Crippen LogP) is 10.5. The van der Waals surface area contributed by atoms with E-state index in [0.717, 1.165) is 60.1 Å². The van der Waals surface area contributed by atoms with Gasteiger partial charge in [-0.15, -0.1) is 0 Å². The molecule has 4 aliphatic rings. The van der Waals surface area contributed by atoms with E-state index in [2.05, 4.69) is 23.5 Å². The number of imide groups is 1. The van der Waals surface area contributed by atoms with Gasteiger partial charge in [0, 0.05) is 28.8 Å². The Bertz CT molecular complexity index is 2400. The number of aromatic amines is 1. The highest BCUT2D eigenvalue weighted by atomic mass is 16.6. The summed E-state index contributed by atoms with van der Waals surface area (Å²) in [6.07, 6.45) is 5.97. The number of H-pyrrole nitrogens is 1. The molecule has 63 heavy (non-hydrogen) atoms. The van der Waals surface area contributed by atoms with Crippen LogP contribution in [0.4, 0.5) is 9.59 Å². The van der Waals surface area contributed by atoms with Gasteiger partial charge in [-0.25, -0.2) is 29.1 Å². The molecular formula is C49H65N5O9. The first-order valence-electron chi connectivity index (χ1n) is 22.0. The number of nitrogens with one attached hydrogen (secondary N) is 1. The molecule has 3 aromatic heterocycles. The Kier molecular flexibility index (Phi) is 11.5. The number of hydrogen-bond acceptors (Lipinski definition) is 11. The minimum absolute atomic E-state index is 0.00472. The number of pyridine rings is 1. The summed E-state index contributed by atoms with van der Waals surface area (Å²) >= 11 is 0. The van der Waals surface area contributed by atoms with Crippen molar-refractivity contribution in [3.8, 4) is 22.5 Å². The van der Waals surface area contributed by atoms with Gasteiger partial charge in [-0.3, -0.25) is 4.68 Å². The second-order valence-electron chi connectivity index (χ2n) is 22.2. The van der Waals surface area contributed by atoms with Gasteiger partial charge in [-0.05, 0) is 148 Å². The van der Waals surface area contributed by atoms with Crippen LogP contribution >= 0.6 is 0 Å². The summed E-state index contributed by atoms with van der Waals surface area (Å²) in [6.45, 7) is 23.6. The maximum atomic E-state index is 14.0. The number of nitrogens with zero attached hydrogens (tertiary/aromatic N) is 4. The largest absolute Gasteiger partial charge is 0.465 e. The molecule has 2 unspecified atom stereocenters. The van der Waals surface area contributed by atoms with Gasteiger partial charge in [-0.1, -0.05) is 26.0 Å². The molecule has 4 bridgehead atoms. The van der Waals surface area contributed by atoms with Crippen LogP contribution in [0.25, 0.3) is 33.4 Å². The first kappa shape index (κ1) is 45.8. The zero-order chi connectivity index (χ0) is 46.1. The summed E-state index contributed by atoms with van der Waals surface area (Å²) in [5, 5.41) is 5.78. The third-order valence-corrected chi connectivity index (χ3v) is 12.3. The summed E-state index contributed by atoms with van der Waals surface area (Å²) in [6, 6.07) is 11.0. The van der Waals surface area contributed by atoms with E-state index in [-0.39, 0.29) is 35.1 Å². The van der Waals surface area contributed by atoms with Crippen molar-refractivity contribution < 1.29 is 42.9 Å². The van der Waals surface area contributed by atoms with Gasteiger partial charge < -0.3 is 28.7 Å².